The van der Waals surface area contributed by atoms with Crippen LogP contribution in [0.5, 0.6) is 5.75 Å². The molecule has 0 unspecified atom stereocenters. The fraction of sp³-hybridized carbons (Fsp3) is 0.143. The lowest BCUT2D eigenvalue weighted by Crippen LogP contribution is -2.15. The summed E-state index contributed by atoms with van der Waals surface area (Å²) in [5.41, 5.74) is 1.16. The first-order chi connectivity index (χ1) is 9.29. The quantitative estimate of drug-likeness (QED) is 0.856. The predicted octanol–water partition coefficient (Wildman–Crippen LogP) is 2.95. The van der Waals surface area contributed by atoms with Gasteiger partial charge in [-0.1, -0.05) is 12.1 Å². The van der Waals surface area contributed by atoms with E-state index < -0.39 is 15.8 Å². The lowest BCUT2D eigenvalue weighted by atomic mass is 10.2. The Kier molecular flexibility index (Phi) is 3.67. The van der Waals surface area contributed by atoms with E-state index in [4.69, 9.17) is 5.11 Å². The van der Waals surface area contributed by atoms with Gasteiger partial charge in [0.15, 0.2) is 5.82 Å². The number of rotatable bonds is 3. The van der Waals surface area contributed by atoms with Crippen molar-refractivity contribution in [3.8, 4) is 5.75 Å². The minimum atomic E-state index is -3.87. The van der Waals surface area contributed by atoms with Gasteiger partial charge in [0.05, 0.1) is 10.6 Å². The number of phenolic OH excluding ortho intramolecular Hbond substituents is 1. The number of nitrogens with one attached hydrogen (secondary N) is 1. The SMILES string of the molecule is Cc1ccc(C)c(S(=O)(=O)Nc2ccc(O)cc2F)c1. The number of aromatic hydroxyl groups is 1. The third-order valence-corrected chi connectivity index (χ3v) is 4.34. The third kappa shape index (κ3) is 2.91. The molecular weight excluding hydrogens is 281 g/mol. The zero-order valence-electron chi connectivity index (χ0n) is 11.0. The van der Waals surface area contributed by atoms with Crippen LogP contribution in [0.4, 0.5) is 10.1 Å². The fourth-order valence-corrected chi connectivity index (χ4v) is 3.18. The van der Waals surface area contributed by atoms with Gasteiger partial charge in [0.2, 0.25) is 0 Å². The summed E-state index contributed by atoms with van der Waals surface area (Å²) in [4.78, 5) is 0.102. The van der Waals surface area contributed by atoms with Crippen LogP contribution in [0.1, 0.15) is 11.1 Å². The standard InChI is InChI=1S/C14H14FNO3S/c1-9-3-4-10(2)14(7-9)20(18,19)16-13-6-5-11(17)8-12(13)15/h3-8,16-17H,1-2H3. The summed E-state index contributed by atoms with van der Waals surface area (Å²) in [6, 6.07) is 8.25. The smallest absolute Gasteiger partial charge is 0.262 e. The van der Waals surface area contributed by atoms with Crippen molar-refractivity contribution in [1.82, 2.24) is 0 Å². The first-order valence-electron chi connectivity index (χ1n) is 5.88. The van der Waals surface area contributed by atoms with Crippen LogP contribution in [0, 0.1) is 19.7 Å². The highest BCUT2D eigenvalue weighted by molar-refractivity contribution is 7.92. The molecule has 0 spiro atoms. The van der Waals surface area contributed by atoms with Gasteiger partial charge in [-0.3, -0.25) is 4.72 Å². The van der Waals surface area contributed by atoms with Gasteiger partial charge in [-0.25, -0.2) is 12.8 Å². The first-order valence-corrected chi connectivity index (χ1v) is 7.36. The van der Waals surface area contributed by atoms with Gasteiger partial charge < -0.3 is 5.11 Å². The van der Waals surface area contributed by atoms with E-state index in [1.165, 1.54) is 18.2 Å². The molecule has 0 aliphatic heterocycles. The summed E-state index contributed by atoms with van der Waals surface area (Å²) in [5.74, 6) is -1.10. The second kappa shape index (κ2) is 5.13. The van der Waals surface area contributed by atoms with Crippen molar-refractivity contribution >= 4 is 15.7 Å². The molecule has 0 atom stereocenters. The predicted molar refractivity (Wildman–Crippen MR) is 74.8 cm³/mol. The molecule has 0 aromatic heterocycles. The average Bonchev–Trinajstić information content (AvgIpc) is 2.35. The first kappa shape index (κ1) is 14.3. The van der Waals surface area contributed by atoms with Crippen molar-refractivity contribution in [1.29, 1.82) is 0 Å². The zero-order chi connectivity index (χ0) is 14.9. The van der Waals surface area contributed by atoms with Gasteiger partial charge >= 0.3 is 0 Å². The third-order valence-electron chi connectivity index (χ3n) is 2.83. The molecule has 0 amide bonds. The van der Waals surface area contributed by atoms with Crippen LogP contribution >= 0.6 is 0 Å². The molecule has 0 fully saturated rings. The molecule has 6 heteroatoms. The Balaban J connectivity index is 2.43. The van der Waals surface area contributed by atoms with Crippen LogP contribution in [0.2, 0.25) is 0 Å². The van der Waals surface area contributed by atoms with Gasteiger partial charge in [0.25, 0.3) is 10.0 Å². The maximum absolute atomic E-state index is 13.6. The second-order valence-electron chi connectivity index (χ2n) is 4.54. The van der Waals surface area contributed by atoms with Crippen LogP contribution in [-0.2, 0) is 10.0 Å². The summed E-state index contributed by atoms with van der Waals surface area (Å²) in [5, 5.41) is 9.12. The zero-order valence-corrected chi connectivity index (χ0v) is 11.8. The molecule has 0 aliphatic rings. The molecule has 2 N–H and O–H groups in total. The number of hydrogen-bond acceptors (Lipinski definition) is 3. The van der Waals surface area contributed by atoms with Gasteiger partial charge in [0.1, 0.15) is 5.75 Å². The van der Waals surface area contributed by atoms with Crippen molar-refractivity contribution in [2.45, 2.75) is 18.7 Å². The molecule has 0 saturated carbocycles. The van der Waals surface area contributed by atoms with E-state index in [-0.39, 0.29) is 16.3 Å². The summed E-state index contributed by atoms with van der Waals surface area (Å²) in [6.07, 6.45) is 0. The molecule has 106 valence electrons. The van der Waals surface area contributed by atoms with Crippen LogP contribution in [0.15, 0.2) is 41.3 Å². The number of aryl methyl sites for hydroxylation is 2. The van der Waals surface area contributed by atoms with Crippen molar-refractivity contribution in [3.63, 3.8) is 0 Å². The number of anilines is 1. The van der Waals surface area contributed by atoms with E-state index >= 15 is 0 Å². The maximum atomic E-state index is 13.6. The highest BCUT2D eigenvalue weighted by Gasteiger charge is 2.18. The van der Waals surface area contributed by atoms with Crippen LogP contribution in [0.3, 0.4) is 0 Å². The van der Waals surface area contributed by atoms with E-state index in [9.17, 15) is 12.8 Å². The van der Waals surface area contributed by atoms with Crippen LogP contribution in [0.25, 0.3) is 0 Å². The van der Waals surface area contributed by atoms with Gasteiger partial charge in [-0.2, -0.15) is 0 Å². The van der Waals surface area contributed by atoms with Gasteiger partial charge in [-0.05, 0) is 43.2 Å². The minimum Gasteiger partial charge on any atom is -0.508 e. The molecule has 2 rings (SSSR count). The molecule has 4 nitrogen and oxygen atoms in total. The normalized spacial score (nSPS) is 11.3. The number of hydrogen-bond donors (Lipinski definition) is 2. The Morgan fingerprint density at radius 2 is 1.80 bits per heavy atom. The number of phenols is 1. The highest BCUT2D eigenvalue weighted by Crippen LogP contribution is 2.24. The van der Waals surface area contributed by atoms with E-state index in [1.807, 2.05) is 0 Å². The lowest BCUT2D eigenvalue weighted by Gasteiger charge is -2.11. The molecule has 0 saturated heterocycles. The van der Waals surface area contributed by atoms with Gasteiger partial charge in [0, 0.05) is 6.07 Å². The van der Waals surface area contributed by atoms with E-state index in [0.717, 1.165) is 11.6 Å². The number of benzene rings is 2. The topological polar surface area (TPSA) is 66.4 Å². The summed E-state index contributed by atoms with van der Waals surface area (Å²) >= 11 is 0. The molecule has 0 radical (unpaired) electrons. The lowest BCUT2D eigenvalue weighted by molar-refractivity contribution is 0.469. The van der Waals surface area contributed by atoms with Crippen LogP contribution in [-0.4, -0.2) is 13.5 Å². The van der Waals surface area contributed by atoms with Crippen molar-refractivity contribution in [2.24, 2.45) is 0 Å². The second-order valence-corrected chi connectivity index (χ2v) is 6.19. The summed E-state index contributed by atoms with van der Waals surface area (Å²) < 4.78 is 40.3. The molecule has 2 aromatic rings. The van der Waals surface area contributed by atoms with E-state index in [0.29, 0.717) is 5.56 Å². The Morgan fingerprint density at radius 1 is 1.10 bits per heavy atom. The highest BCUT2D eigenvalue weighted by atomic mass is 32.2. The largest absolute Gasteiger partial charge is 0.508 e. The Hall–Kier alpha value is -2.08. The van der Waals surface area contributed by atoms with E-state index in [1.54, 1.807) is 26.0 Å². The summed E-state index contributed by atoms with van der Waals surface area (Å²) in [7, 11) is -3.87. The van der Waals surface area contributed by atoms with Crippen molar-refractivity contribution in [3.05, 3.63) is 53.3 Å². The summed E-state index contributed by atoms with van der Waals surface area (Å²) in [6.45, 7) is 3.45. The maximum Gasteiger partial charge on any atom is 0.262 e. The van der Waals surface area contributed by atoms with Crippen molar-refractivity contribution in [2.75, 3.05) is 4.72 Å². The number of sulfonamides is 1. The van der Waals surface area contributed by atoms with Gasteiger partial charge in [-0.15, -0.1) is 0 Å². The molecule has 0 heterocycles. The monoisotopic (exact) mass is 295 g/mol. The Morgan fingerprint density at radius 3 is 2.45 bits per heavy atom. The minimum absolute atomic E-state index is 0.102. The fourth-order valence-electron chi connectivity index (χ4n) is 1.78. The molecule has 20 heavy (non-hydrogen) atoms. The average molecular weight is 295 g/mol. The van der Waals surface area contributed by atoms with E-state index in [2.05, 4.69) is 4.72 Å². The Labute approximate surface area is 116 Å². The molecule has 0 bridgehead atoms. The number of halogens is 1. The molecule has 0 aliphatic carbocycles. The molecular formula is C14H14FNO3S. The molecule has 2 aromatic carbocycles. The Bertz CT molecular complexity index is 757. The van der Waals surface area contributed by atoms with Crippen molar-refractivity contribution < 1.29 is 17.9 Å². The van der Waals surface area contributed by atoms with Crippen LogP contribution < -0.4 is 4.72 Å².